The van der Waals surface area contributed by atoms with E-state index >= 15 is 0 Å². The summed E-state index contributed by atoms with van der Waals surface area (Å²) >= 11 is 11.3. The highest BCUT2D eigenvalue weighted by Gasteiger charge is 2.09. The van der Waals surface area contributed by atoms with Crippen LogP contribution in [-0.2, 0) is 4.79 Å². The SMILES string of the molecule is O=C(CCl)Nc1ccc(Oc2ccccc2Cl)c(F)c1. The highest BCUT2D eigenvalue weighted by atomic mass is 35.5. The summed E-state index contributed by atoms with van der Waals surface area (Å²) in [5, 5.41) is 2.82. The van der Waals surface area contributed by atoms with Gasteiger partial charge in [0.2, 0.25) is 5.91 Å². The number of halogens is 3. The summed E-state index contributed by atoms with van der Waals surface area (Å²) in [5.41, 5.74) is 0.305. The van der Waals surface area contributed by atoms with Crippen molar-refractivity contribution >= 4 is 34.8 Å². The van der Waals surface area contributed by atoms with Crippen LogP contribution in [0.1, 0.15) is 0 Å². The van der Waals surface area contributed by atoms with Gasteiger partial charge in [-0.15, -0.1) is 11.6 Å². The normalized spacial score (nSPS) is 10.2. The molecule has 0 atom stereocenters. The van der Waals surface area contributed by atoms with E-state index in [0.29, 0.717) is 16.5 Å². The molecule has 0 heterocycles. The fourth-order valence-corrected chi connectivity index (χ4v) is 1.74. The first-order valence-corrected chi connectivity index (χ1v) is 6.59. The minimum absolute atomic E-state index is 0.0157. The minimum atomic E-state index is -0.614. The lowest BCUT2D eigenvalue weighted by Crippen LogP contribution is -2.12. The molecule has 0 radical (unpaired) electrons. The van der Waals surface area contributed by atoms with Gasteiger partial charge in [0.1, 0.15) is 11.6 Å². The van der Waals surface area contributed by atoms with Gasteiger partial charge in [0.05, 0.1) is 5.02 Å². The molecule has 104 valence electrons. The van der Waals surface area contributed by atoms with Crippen LogP contribution in [0.4, 0.5) is 10.1 Å². The van der Waals surface area contributed by atoms with Crippen LogP contribution in [0.5, 0.6) is 11.5 Å². The Morgan fingerprint density at radius 1 is 1.20 bits per heavy atom. The largest absolute Gasteiger partial charge is 0.453 e. The summed E-state index contributed by atoms with van der Waals surface area (Å²) in [7, 11) is 0. The van der Waals surface area contributed by atoms with Crippen molar-refractivity contribution in [3.63, 3.8) is 0 Å². The number of benzene rings is 2. The Labute approximate surface area is 125 Å². The monoisotopic (exact) mass is 313 g/mol. The van der Waals surface area contributed by atoms with Crippen LogP contribution < -0.4 is 10.1 Å². The smallest absolute Gasteiger partial charge is 0.239 e. The Kier molecular flexibility index (Phi) is 4.82. The molecule has 2 aromatic rings. The van der Waals surface area contributed by atoms with Crippen LogP contribution in [0, 0.1) is 5.82 Å². The zero-order valence-electron chi connectivity index (χ0n) is 10.2. The van der Waals surface area contributed by atoms with Crippen molar-refractivity contribution in [2.75, 3.05) is 11.2 Å². The van der Waals surface area contributed by atoms with Gasteiger partial charge in [-0.05, 0) is 24.3 Å². The molecule has 2 rings (SSSR count). The Morgan fingerprint density at radius 3 is 2.60 bits per heavy atom. The second-order valence-corrected chi connectivity index (χ2v) is 4.53. The minimum Gasteiger partial charge on any atom is -0.453 e. The van der Waals surface area contributed by atoms with Gasteiger partial charge in [0, 0.05) is 11.8 Å². The third-order valence-corrected chi connectivity index (χ3v) is 2.95. The van der Waals surface area contributed by atoms with E-state index in [1.165, 1.54) is 12.1 Å². The van der Waals surface area contributed by atoms with Crippen LogP contribution >= 0.6 is 23.2 Å². The van der Waals surface area contributed by atoms with E-state index < -0.39 is 11.7 Å². The predicted octanol–water partition coefficient (Wildman–Crippen LogP) is 4.45. The predicted molar refractivity (Wildman–Crippen MR) is 77.3 cm³/mol. The van der Waals surface area contributed by atoms with E-state index in [4.69, 9.17) is 27.9 Å². The molecule has 2 aromatic carbocycles. The van der Waals surface area contributed by atoms with E-state index in [0.717, 1.165) is 6.07 Å². The quantitative estimate of drug-likeness (QED) is 0.847. The zero-order valence-corrected chi connectivity index (χ0v) is 11.7. The highest BCUT2D eigenvalue weighted by Crippen LogP contribution is 2.31. The maximum Gasteiger partial charge on any atom is 0.239 e. The summed E-state index contributed by atoms with van der Waals surface area (Å²) in [6, 6.07) is 10.8. The van der Waals surface area contributed by atoms with Crippen molar-refractivity contribution in [1.29, 1.82) is 0 Å². The third kappa shape index (κ3) is 3.62. The van der Waals surface area contributed by atoms with Gasteiger partial charge in [0.15, 0.2) is 11.6 Å². The zero-order chi connectivity index (χ0) is 14.5. The molecule has 0 spiro atoms. The van der Waals surface area contributed by atoms with E-state index in [1.807, 2.05) is 0 Å². The molecule has 0 aliphatic heterocycles. The second-order valence-electron chi connectivity index (χ2n) is 3.86. The summed E-state index contributed by atoms with van der Waals surface area (Å²) in [6.07, 6.45) is 0. The summed E-state index contributed by atoms with van der Waals surface area (Å²) in [4.78, 5) is 11.1. The lowest BCUT2D eigenvalue weighted by Gasteiger charge is -2.10. The number of hydrogen-bond donors (Lipinski definition) is 1. The van der Waals surface area contributed by atoms with E-state index in [2.05, 4.69) is 5.32 Å². The molecule has 0 fully saturated rings. The number of anilines is 1. The molecule has 0 unspecified atom stereocenters. The number of carbonyl (C=O) groups is 1. The van der Waals surface area contributed by atoms with E-state index in [1.54, 1.807) is 24.3 Å². The van der Waals surface area contributed by atoms with Crippen LogP contribution in [0.25, 0.3) is 0 Å². The molecular formula is C14H10Cl2FNO2. The molecule has 1 amide bonds. The van der Waals surface area contributed by atoms with Crippen molar-refractivity contribution in [2.24, 2.45) is 0 Å². The molecule has 0 bridgehead atoms. The van der Waals surface area contributed by atoms with Crippen molar-refractivity contribution in [2.45, 2.75) is 0 Å². The standard InChI is InChI=1S/C14H10Cl2FNO2/c15-8-14(19)18-9-5-6-13(11(17)7-9)20-12-4-2-1-3-10(12)16/h1-7H,8H2,(H,18,19). The topological polar surface area (TPSA) is 38.3 Å². The van der Waals surface area contributed by atoms with Crippen molar-refractivity contribution < 1.29 is 13.9 Å². The van der Waals surface area contributed by atoms with Gasteiger partial charge in [0.25, 0.3) is 0 Å². The number of amides is 1. The molecule has 0 saturated heterocycles. The van der Waals surface area contributed by atoms with E-state index in [9.17, 15) is 9.18 Å². The first kappa shape index (κ1) is 14.6. The average molecular weight is 314 g/mol. The second kappa shape index (κ2) is 6.59. The van der Waals surface area contributed by atoms with Crippen molar-refractivity contribution in [3.05, 3.63) is 53.3 Å². The Bertz CT molecular complexity index is 634. The number of alkyl halides is 1. The fraction of sp³-hybridized carbons (Fsp3) is 0.0714. The molecular weight excluding hydrogens is 304 g/mol. The lowest BCUT2D eigenvalue weighted by atomic mass is 10.2. The molecule has 6 heteroatoms. The Hall–Kier alpha value is -1.78. The van der Waals surface area contributed by atoms with Gasteiger partial charge < -0.3 is 10.1 Å². The molecule has 1 N–H and O–H groups in total. The molecule has 20 heavy (non-hydrogen) atoms. The molecule has 0 saturated carbocycles. The molecule has 0 aliphatic carbocycles. The van der Waals surface area contributed by atoms with Gasteiger partial charge in [-0.1, -0.05) is 23.7 Å². The van der Waals surface area contributed by atoms with Crippen molar-refractivity contribution in [3.8, 4) is 11.5 Å². The third-order valence-electron chi connectivity index (χ3n) is 2.39. The van der Waals surface area contributed by atoms with E-state index in [-0.39, 0.29) is 11.6 Å². The lowest BCUT2D eigenvalue weighted by molar-refractivity contribution is -0.113. The molecule has 0 aromatic heterocycles. The Balaban J connectivity index is 2.18. The van der Waals surface area contributed by atoms with Crippen LogP contribution in [0.15, 0.2) is 42.5 Å². The Morgan fingerprint density at radius 2 is 1.95 bits per heavy atom. The van der Waals surface area contributed by atoms with Gasteiger partial charge >= 0.3 is 0 Å². The number of ether oxygens (including phenoxy) is 1. The number of hydrogen-bond acceptors (Lipinski definition) is 2. The van der Waals surface area contributed by atoms with Crippen LogP contribution in [-0.4, -0.2) is 11.8 Å². The summed E-state index contributed by atoms with van der Waals surface area (Å²) < 4.78 is 19.2. The molecule has 0 aliphatic rings. The number of nitrogens with one attached hydrogen (secondary N) is 1. The maximum atomic E-state index is 13.9. The van der Waals surface area contributed by atoms with Gasteiger partial charge in [-0.3, -0.25) is 4.79 Å². The fourth-order valence-electron chi connectivity index (χ4n) is 1.50. The summed E-state index contributed by atoms with van der Waals surface area (Å²) in [5.74, 6) is -0.852. The van der Waals surface area contributed by atoms with Gasteiger partial charge in [-0.25, -0.2) is 4.39 Å². The summed E-state index contributed by atoms with van der Waals surface area (Å²) in [6.45, 7) is 0. The first-order chi connectivity index (χ1) is 9.60. The van der Waals surface area contributed by atoms with Crippen molar-refractivity contribution in [1.82, 2.24) is 0 Å². The first-order valence-electron chi connectivity index (χ1n) is 5.68. The molecule has 3 nitrogen and oxygen atoms in total. The average Bonchev–Trinajstić information content (AvgIpc) is 2.44. The van der Waals surface area contributed by atoms with Crippen LogP contribution in [0.3, 0.4) is 0 Å². The maximum absolute atomic E-state index is 13.9. The van der Waals surface area contributed by atoms with Crippen LogP contribution in [0.2, 0.25) is 5.02 Å². The highest BCUT2D eigenvalue weighted by molar-refractivity contribution is 6.32. The van der Waals surface area contributed by atoms with Gasteiger partial charge in [-0.2, -0.15) is 0 Å². The number of para-hydroxylation sites is 1. The number of carbonyl (C=O) groups excluding carboxylic acids is 1. The number of rotatable bonds is 4.